The van der Waals surface area contributed by atoms with Crippen molar-refractivity contribution < 1.29 is 19.1 Å². The van der Waals surface area contributed by atoms with Crippen molar-refractivity contribution in [1.82, 2.24) is 14.9 Å². The van der Waals surface area contributed by atoms with Crippen molar-refractivity contribution in [2.24, 2.45) is 5.73 Å². The van der Waals surface area contributed by atoms with Gasteiger partial charge in [-0.25, -0.2) is 0 Å². The van der Waals surface area contributed by atoms with Gasteiger partial charge >= 0.3 is 0 Å². The van der Waals surface area contributed by atoms with Crippen molar-refractivity contribution in [1.29, 1.82) is 0 Å². The molecule has 3 N–H and O–H groups in total. The lowest BCUT2D eigenvalue weighted by atomic mass is 10.1. The number of benzene rings is 1. The summed E-state index contributed by atoms with van der Waals surface area (Å²) in [7, 11) is 0. The molecule has 0 bridgehead atoms. The van der Waals surface area contributed by atoms with Crippen LogP contribution in [-0.2, 0) is 11.2 Å². The summed E-state index contributed by atoms with van der Waals surface area (Å²) in [6, 6.07) is 6.36. The molecule has 0 unspecified atom stereocenters. The van der Waals surface area contributed by atoms with Gasteiger partial charge in [0.1, 0.15) is 16.7 Å². The van der Waals surface area contributed by atoms with Gasteiger partial charge in [0.05, 0.1) is 18.3 Å². The van der Waals surface area contributed by atoms with Gasteiger partial charge in [-0.2, -0.15) is 0 Å². The van der Waals surface area contributed by atoms with Crippen LogP contribution in [0.5, 0.6) is 5.75 Å². The van der Waals surface area contributed by atoms with Crippen molar-refractivity contribution in [3.8, 4) is 5.75 Å². The van der Waals surface area contributed by atoms with Gasteiger partial charge in [-0.3, -0.25) is 9.59 Å². The molecule has 138 valence electrons. The monoisotopic (exact) mass is 376 g/mol. The number of nitrogens with one attached hydrogen (secondary N) is 1. The topological polar surface area (TPSA) is 116 Å². The molecule has 26 heavy (non-hydrogen) atoms. The second-order valence-electron chi connectivity index (χ2n) is 5.89. The molecule has 1 aromatic carbocycles. The zero-order valence-electron chi connectivity index (χ0n) is 14.3. The number of carbonyl (C=O) groups excluding carboxylic acids is 2. The molecular weight excluding hydrogens is 356 g/mol. The summed E-state index contributed by atoms with van der Waals surface area (Å²) in [5, 5.41) is 6.98. The number of aromatic nitrogens is 2. The number of carbonyl (C=O) groups is 2. The molecule has 1 saturated heterocycles. The molecule has 3 rings (SSSR count). The number of primary amides is 1. The Kier molecular flexibility index (Phi) is 5.79. The van der Waals surface area contributed by atoms with Crippen LogP contribution in [0.15, 0.2) is 24.3 Å². The highest BCUT2D eigenvalue weighted by Gasteiger charge is 2.30. The predicted molar refractivity (Wildman–Crippen MR) is 95.4 cm³/mol. The number of nitrogens with two attached hydrogens (primary N) is 1. The van der Waals surface area contributed by atoms with E-state index in [0.29, 0.717) is 47.9 Å². The van der Waals surface area contributed by atoms with E-state index in [9.17, 15) is 9.59 Å². The first-order chi connectivity index (χ1) is 12.6. The SMILES string of the molecule is CCc1nnsc1C(=O)N[C@@H]1CCOC[C@H]1Oc1ccc(C(N)=O)cc1. The molecule has 8 nitrogen and oxygen atoms in total. The van der Waals surface area contributed by atoms with Crippen LogP contribution in [0.2, 0.25) is 0 Å². The average Bonchev–Trinajstić information content (AvgIpc) is 3.12. The second-order valence-corrected chi connectivity index (χ2v) is 6.64. The van der Waals surface area contributed by atoms with Gasteiger partial charge in [-0.15, -0.1) is 5.10 Å². The van der Waals surface area contributed by atoms with Crippen molar-refractivity contribution in [3.05, 3.63) is 40.4 Å². The molecule has 1 aliphatic rings. The highest BCUT2D eigenvalue weighted by molar-refractivity contribution is 7.08. The van der Waals surface area contributed by atoms with Gasteiger partial charge in [0.15, 0.2) is 0 Å². The summed E-state index contributed by atoms with van der Waals surface area (Å²) < 4.78 is 15.3. The second kappa shape index (κ2) is 8.24. The Labute approximate surface area is 154 Å². The first-order valence-corrected chi connectivity index (χ1v) is 9.12. The molecule has 0 spiro atoms. The van der Waals surface area contributed by atoms with Crippen LogP contribution in [0, 0.1) is 0 Å². The van der Waals surface area contributed by atoms with Crippen molar-refractivity contribution >= 4 is 23.3 Å². The molecule has 0 radical (unpaired) electrons. The Bertz CT molecular complexity index is 777. The number of aryl methyl sites for hydroxylation is 1. The standard InChI is InChI=1S/C17H20N4O4S/c1-2-12-15(26-21-20-12)17(23)19-13-7-8-24-9-14(13)25-11-5-3-10(4-6-11)16(18)22/h3-6,13-14H,2,7-9H2,1H3,(H2,18,22)(H,19,23)/t13-,14-/m1/s1. The van der Waals surface area contributed by atoms with Crippen molar-refractivity contribution in [3.63, 3.8) is 0 Å². The Balaban J connectivity index is 1.67. The molecule has 2 aromatic rings. The molecule has 1 aromatic heterocycles. The normalized spacial score (nSPS) is 19.7. The summed E-state index contributed by atoms with van der Waals surface area (Å²) in [4.78, 5) is 24.2. The maximum Gasteiger partial charge on any atom is 0.265 e. The van der Waals surface area contributed by atoms with Gasteiger partial charge in [-0.1, -0.05) is 11.4 Å². The molecule has 9 heteroatoms. The van der Waals surface area contributed by atoms with E-state index in [1.165, 1.54) is 0 Å². The molecule has 2 heterocycles. The lowest BCUT2D eigenvalue weighted by Crippen LogP contribution is -2.51. The highest BCUT2D eigenvalue weighted by Crippen LogP contribution is 2.20. The van der Waals surface area contributed by atoms with E-state index in [2.05, 4.69) is 14.9 Å². The lowest BCUT2D eigenvalue weighted by Gasteiger charge is -2.32. The fourth-order valence-electron chi connectivity index (χ4n) is 2.71. The molecule has 1 aliphatic heterocycles. The van der Waals surface area contributed by atoms with E-state index in [1.54, 1.807) is 24.3 Å². The van der Waals surface area contributed by atoms with Crippen molar-refractivity contribution in [2.45, 2.75) is 31.9 Å². The number of amides is 2. The number of hydrogen-bond acceptors (Lipinski definition) is 7. The summed E-state index contributed by atoms with van der Waals surface area (Å²) in [6.45, 7) is 2.85. The number of nitrogens with zero attached hydrogens (tertiary/aromatic N) is 2. The smallest absolute Gasteiger partial charge is 0.265 e. The van der Waals surface area contributed by atoms with Gasteiger partial charge in [0, 0.05) is 12.2 Å². The van der Waals surface area contributed by atoms with E-state index < -0.39 is 5.91 Å². The molecular formula is C17H20N4O4S. The third-order valence-electron chi connectivity index (χ3n) is 4.14. The number of ether oxygens (including phenoxy) is 2. The van der Waals surface area contributed by atoms with E-state index in [1.807, 2.05) is 6.92 Å². The van der Waals surface area contributed by atoms with Crippen molar-refractivity contribution in [2.75, 3.05) is 13.2 Å². The van der Waals surface area contributed by atoms with Crippen LogP contribution in [0.1, 0.15) is 39.1 Å². The minimum atomic E-state index is -0.493. The van der Waals surface area contributed by atoms with Gasteiger partial charge in [-0.05, 0) is 48.6 Å². The number of hydrogen-bond donors (Lipinski definition) is 2. The van der Waals surface area contributed by atoms with Crippen LogP contribution >= 0.6 is 11.5 Å². The van der Waals surface area contributed by atoms with Gasteiger partial charge < -0.3 is 20.5 Å². The van der Waals surface area contributed by atoms with E-state index in [-0.39, 0.29) is 18.1 Å². The predicted octanol–water partition coefficient (Wildman–Crippen LogP) is 1.17. The van der Waals surface area contributed by atoms with E-state index >= 15 is 0 Å². The van der Waals surface area contributed by atoms with E-state index in [4.69, 9.17) is 15.2 Å². The average molecular weight is 376 g/mol. The first-order valence-electron chi connectivity index (χ1n) is 8.34. The maximum atomic E-state index is 12.5. The third-order valence-corrected chi connectivity index (χ3v) is 4.91. The van der Waals surface area contributed by atoms with Crippen LogP contribution in [0.4, 0.5) is 0 Å². The molecule has 1 fully saturated rings. The minimum absolute atomic E-state index is 0.193. The Morgan fingerprint density at radius 2 is 2.15 bits per heavy atom. The fourth-order valence-corrected chi connectivity index (χ4v) is 3.37. The first kappa shape index (κ1) is 18.3. The van der Waals surface area contributed by atoms with E-state index in [0.717, 1.165) is 11.5 Å². The zero-order valence-corrected chi connectivity index (χ0v) is 15.1. The summed E-state index contributed by atoms with van der Waals surface area (Å²) in [5.41, 5.74) is 6.34. The minimum Gasteiger partial charge on any atom is -0.486 e. The largest absolute Gasteiger partial charge is 0.486 e. The van der Waals surface area contributed by atoms with Crippen LogP contribution in [0.3, 0.4) is 0 Å². The Hall–Kier alpha value is -2.52. The maximum absolute atomic E-state index is 12.5. The molecule has 2 amide bonds. The summed E-state index contributed by atoms with van der Waals surface area (Å²) >= 11 is 1.09. The van der Waals surface area contributed by atoms with Crippen LogP contribution in [0.25, 0.3) is 0 Å². The fraction of sp³-hybridized carbons (Fsp3) is 0.412. The summed E-state index contributed by atoms with van der Waals surface area (Å²) in [6.07, 6.45) is 0.959. The van der Waals surface area contributed by atoms with Gasteiger partial charge in [0.25, 0.3) is 5.91 Å². The highest BCUT2D eigenvalue weighted by atomic mass is 32.1. The van der Waals surface area contributed by atoms with Crippen LogP contribution in [-0.4, -0.2) is 46.8 Å². The van der Waals surface area contributed by atoms with Crippen LogP contribution < -0.4 is 15.8 Å². The molecule has 2 atom stereocenters. The lowest BCUT2D eigenvalue weighted by molar-refractivity contribution is -0.0134. The number of rotatable bonds is 6. The molecule has 0 aliphatic carbocycles. The summed E-state index contributed by atoms with van der Waals surface area (Å²) in [5.74, 6) is -0.104. The van der Waals surface area contributed by atoms with Gasteiger partial charge in [0.2, 0.25) is 5.91 Å². The Morgan fingerprint density at radius 1 is 1.38 bits per heavy atom. The third kappa shape index (κ3) is 4.17. The Morgan fingerprint density at radius 3 is 2.85 bits per heavy atom. The zero-order chi connectivity index (χ0) is 18.5. The quantitative estimate of drug-likeness (QED) is 0.782. The molecule has 0 saturated carbocycles.